The summed E-state index contributed by atoms with van der Waals surface area (Å²) < 4.78 is 0. The van der Waals surface area contributed by atoms with Crippen LogP contribution in [0.1, 0.15) is 17.3 Å². The minimum absolute atomic E-state index is 0.118. The molecule has 0 amide bonds. The molecular formula is C8H10N2O2. The summed E-state index contributed by atoms with van der Waals surface area (Å²) in [4.78, 5) is 24.7. The van der Waals surface area contributed by atoms with Crippen molar-refractivity contribution < 1.29 is 4.79 Å². The maximum Gasteiger partial charge on any atom is 0.258 e. The van der Waals surface area contributed by atoms with Crippen LogP contribution in [0.3, 0.4) is 0 Å². The molecule has 4 nitrogen and oxygen atoms in total. The molecule has 1 aromatic rings. The van der Waals surface area contributed by atoms with E-state index in [2.05, 4.69) is 4.98 Å². The number of H-pyrrole nitrogens is 1. The molecule has 1 atom stereocenters. The first-order valence-electron chi connectivity index (χ1n) is 3.60. The molecule has 0 spiro atoms. The summed E-state index contributed by atoms with van der Waals surface area (Å²) >= 11 is 0. The van der Waals surface area contributed by atoms with E-state index in [0.29, 0.717) is 0 Å². The Hall–Kier alpha value is -1.42. The summed E-state index contributed by atoms with van der Waals surface area (Å²) in [5, 5.41) is 0. The molecule has 1 rings (SSSR count). The van der Waals surface area contributed by atoms with E-state index in [1.807, 2.05) is 0 Å². The first kappa shape index (κ1) is 8.67. The van der Waals surface area contributed by atoms with Gasteiger partial charge in [-0.05, 0) is 19.1 Å². The highest BCUT2D eigenvalue weighted by Gasteiger charge is 2.13. The van der Waals surface area contributed by atoms with Gasteiger partial charge in [0.1, 0.15) is 0 Å². The summed E-state index contributed by atoms with van der Waals surface area (Å²) in [7, 11) is 0. The smallest absolute Gasteiger partial charge is 0.258 e. The van der Waals surface area contributed by atoms with Crippen LogP contribution in [0.15, 0.2) is 23.1 Å². The molecule has 0 saturated carbocycles. The quantitative estimate of drug-likeness (QED) is 0.602. The highest BCUT2D eigenvalue weighted by Crippen LogP contribution is 1.94. The van der Waals surface area contributed by atoms with Crippen LogP contribution in [0.25, 0.3) is 0 Å². The summed E-state index contributed by atoms with van der Waals surface area (Å²) in [6.45, 7) is 1.55. The van der Waals surface area contributed by atoms with E-state index in [-0.39, 0.29) is 16.9 Å². The SMILES string of the molecule is C[C@H](N)C(=O)c1ccc[nH]c1=O. The molecule has 4 heteroatoms. The molecule has 64 valence electrons. The minimum Gasteiger partial charge on any atom is -0.328 e. The van der Waals surface area contributed by atoms with E-state index in [0.717, 1.165) is 0 Å². The zero-order valence-electron chi connectivity index (χ0n) is 6.70. The predicted octanol–water partition coefficient (Wildman–Crippen LogP) is -0.0952. The number of ketones is 1. The first-order chi connectivity index (χ1) is 5.63. The molecule has 3 N–H and O–H groups in total. The number of aromatic amines is 1. The Morgan fingerprint density at radius 3 is 2.83 bits per heavy atom. The number of hydrogen-bond donors (Lipinski definition) is 2. The number of carbonyl (C=O) groups excluding carboxylic acids is 1. The highest BCUT2D eigenvalue weighted by atomic mass is 16.1. The monoisotopic (exact) mass is 166 g/mol. The van der Waals surface area contributed by atoms with Gasteiger partial charge in [0.25, 0.3) is 5.56 Å². The number of hydrogen-bond acceptors (Lipinski definition) is 3. The van der Waals surface area contributed by atoms with Crippen molar-refractivity contribution in [3.05, 3.63) is 34.2 Å². The molecule has 12 heavy (non-hydrogen) atoms. The molecule has 0 aliphatic rings. The average molecular weight is 166 g/mol. The zero-order chi connectivity index (χ0) is 9.14. The van der Waals surface area contributed by atoms with E-state index >= 15 is 0 Å². The van der Waals surface area contributed by atoms with Gasteiger partial charge >= 0.3 is 0 Å². The fraction of sp³-hybridized carbons (Fsp3) is 0.250. The van der Waals surface area contributed by atoms with Crippen LogP contribution in [0, 0.1) is 0 Å². The second kappa shape index (κ2) is 3.32. The highest BCUT2D eigenvalue weighted by molar-refractivity contribution is 5.99. The van der Waals surface area contributed by atoms with Crippen molar-refractivity contribution in [3.63, 3.8) is 0 Å². The van der Waals surface area contributed by atoms with Crippen LogP contribution >= 0.6 is 0 Å². The molecule has 0 aromatic carbocycles. The third-order valence-corrected chi connectivity index (χ3v) is 1.50. The van der Waals surface area contributed by atoms with Crippen molar-refractivity contribution in [2.75, 3.05) is 0 Å². The van der Waals surface area contributed by atoms with Crippen molar-refractivity contribution in [1.82, 2.24) is 4.98 Å². The van der Waals surface area contributed by atoms with Gasteiger partial charge in [-0.2, -0.15) is 0 Å². The lowest BCUT2D eigenvalue weighted by Crippen LogP contribution is -2.31. The van der Waals surface area contributed by atoms with Crippen molar-refractivity contribution in [1.29, 1.82) is 0 Å². The molecule has 1 aromatic heterocycles. The van der Waals surface area contributed by atoms with Crippen molar-refractivity contribution in [2.45, 2.75) is 13.0 Å². The zero-order valence-corrected chi connectivity index (χ0v) is 6.70. The molecule has 1 heterocycles. The fourth-order valence-electron chi connectivity index (χ4n) is 0.861. The molecule has 0 aliphatic heterocycles. The van der Waals surface area contributed by atoms with Gasteiger partial charge in [-0.3, -0.25) is 9.59 Å². The molecule has 0 bridgehead atoms. The number of Topliss-reactive ketones (excluding diaryl/α,β-unsaturated/α-hetero) is 1. The average Bonchev–Trinajstić information content (AvgIpc) is 2.04. The Labute approximate surface area is 69.4 Å². The summed E-state index contributed by atoms with van der Waals surface area (Å²) in [5.41, 5.74) is 5.06. The van der Waals surface area contributed by atoms with Gasteiger partial charge in [-0.15, -0.1) is 0 Å². The summed E-state index contributed by atoms with van der Waals surface area (Å²) in [5.74, 6) is -0.336. The molecule has 0 fully saturated rings. The van der Waals surface area contributed by atoms with Gasteiger partial charge in [0.2, 0.25) is 0 Å². The Bertz CT molecular complexity index is 341. The Morgan fingerprint density at radius 2 is 2.33 bits per heavy atom. The fourth-order valence-corrected chi connectivity index (χ4v) is 0.861. The summed E-state index contributed by atoms with van der Waals surface area (Å²) in [6, 6.07) is 2.43. The standard InChI is InChI=1S/C8H10N2O2/c1-5(9)7(11)6-3-2-4-10-8(6)12/h2-5H,9H2,1H3,(H,10,12)/t5-/m0/s1. The van der Waals surface area contributed by atoms with Crippen molar-refractivity contribution in [3.8, 4) is 0 Å². The number of nitrogens with one attached hydrogen (secondary N) is 1. The lowest BCUT2D eigenvalue weighted by molar-refractivity contribution is 0.0966. The summed E-state index contributed by atoms with van der Waals surface area (Å²) in [6.07, 6.45) is 1.47. The van der Waals surface area contributed by atoms with Crippen molar-refractivity contribution >= 4 is 5.78 Å². The van der Waals surface area contributed by atoms with Crippen LogP contribution < -0.4 is 11.3 Å². The van der Waals surface area contributed by atoms with Crippen LogP contribution in [-0.2, 0) is 0 Å². The second-order valence-electron chi connectivity index (χ2n) is 2.57. The van der Waals surface area contributed by atoms with E-state index in [1.165, 1.54) is 12.3 Å². The van der Waals surface area contributed by atoms with E-state index in [4.69, 9.17) is 5.73 Å². The predicted molar refractivity (Wildman–Crippen MR) is 45.0 cm³/mol. The first-order valence-corrected chi connectivity index (χ1v) is 3.60. The lowest BCUT2D eigenvalue weighted by atomic mass is 10.1. The van der Waals surface area contributed by atoms with Gasteiger partial charge in [0.05, 0.1) is 11.6 Å². The van der Waals surface area contributed by atoms with Crippen LogP contribution in [-0.4, -0.2) is 16.8 Å². The molecule has 0 radical (unpaired) electrons. The maximum atomic E-state index is 11.2. The van der Waals surface area contributed by atoms with E-state index < -0.39 is 6.04 Å². The lowest BCUT2D eigenvalue weighted by Gasteiger charge is -2.01. The number of carbonyl (C=O) groups is 1. The van der Waals surface area contributed by atoms with Crippen LogP contribution in [0.2, 0.25) is 0 Å². The maximum absolute atomic E-state index is 11.2. The molecule has 0 saturated heterocycles. The second-order valence-corrected chi connectivity index (χ2v) is 2.57. The van der Waals surface area contributed by atoms with Gasteiger partial charge in [-0.25, -0.2) is 0 Å². The third kappa shape index (κ3) is 1.60. The number of pyridine rings is 1. The molecular weight excluding hydrogens is 156 g/mol. The van der Waals surface area contributed by atoms with E-state index in [9.17, 15) is 9.59 Å². The van der Waals surface area contributed by atoms with Crippen LogP contribution in [0.4, 0.5) is 0 Å². The van der Waals surface area contributed by atoms with Crippen LogP contribution in [0.5, 0.6) is 0 Å². The van der Waals surface area contributed by atoms with Gasteiger partial charge in [0.15, 0.2) is 5.78 Å². The molecule has 0 unspecified atom stereocenters. The van der Waals surface area contributed by atoms with Gasteiger partial charge in [0, 0.05) is 6.20 Å². The van der Waals surface area contributed by atoms with E-state index in [1.54, 1.807) is 13.0 Å². The third-order valence-electron chi connectivity index (χ3n) is 1.50. The van der Waals surface area contributed by atoms with Crippen molar-refractivity contribution in [2.24, 2.45) is 5.73 Å². The number of rotatable bonds is 2. The largest absolute Gasteiger partial charge is 0.328 e. The van der Waals surface area contributed by atoms with Gasteiger partial charge in [-0.1, -0.05) is 0 Å². The normalized spacial score (nSPS) is 12.5. The molecule has 0 aliphatic carbocycles. The number of aromatic nitrogens is 1. The topological polar surface area (TPSA) is 76.0 Å². The number of nitrogens with two attached hydrogens (primary N) is 1. The minimum atomic E-state index is -0.631. The Balaban J connectivity index is 3.12. The van der Waals surface area contributed by atoms with Gasteiger partial charge < -0.3 is 10.7 Å². The Morgan fingerprint density at radius 1 is 1.67 bits per heavy atom. The Kier molecular flexibility index (Phi) is 2.40.